The number of amides is 1. The first-order chi connectivity index (χ1) is 13.6. The van der Waals surface area contributed by atoms with Gasteiger partial charge in [0, 0.05) is 25.4 Å². The SMILES string of the molecule is CNC(=O)Cn1cc(Nc2nc(Cc3cccc(F)n3)c3cn[nH]c3n2)cn1. The highest BCUT2D eigenvalue weighted by atomic mass is 19.1. The van der Waals surface area contributed by atoms with Crippen molar-refractivity contribution in [3.8, 4) is 0 Å². The lowest BCUT2D eigenvalue weighted by Crippen LogP contribution is -2.23. The van der Waals surface area contributed by atoms with Crippen LogP contribution in [0.1, 0.15) is 11.4 Å². The molecule has 0 aliphatic heterocycles. The van der Waals surface area contributed by atoms with E-state index in [0.29, 0.717) is 35.1 Å². The van der Waals surface area contributed by atoms with Gasteiger partial charge < -0.3 is 10.6 Å². The number of aromatic nitrogens is 7. The summed E-state index contributed by atoms with van der Waals surface area (Å²) in [6.07, 6.45) is 5.18. The fourth-order valence-electron chi connectivity index (χ4n) is 2.68. The van der Waals surface area contributed by atoms with Gasteiger partial charge in [0.25, 0.3) is 0 Å². The van der Waals surface area contributed by atoms with Crippen LogP contribution >= 0.6 is 0 Å². The summed E-state index contributed by atoms with van der Waals surface area (Å²) >= 11 is 0. The maximum absolute atomic E-state index is 13.4. The molecule has 10 nitrogen and oxygen atoms in total. The quantitative estimate of drug-likeness (QED) is 0.428. The van der Waals surface area contributed by atoms with Crippen LogP contribution in [-0.2, 0) is 17.8 Å². The highest BCUT2D eigenvalue weighted by Gasteiger charge is 2.12. The number of H-pyrrole nitrogens is 1. The van der Waals surface area contributed by atoms with Gasteiger partial charge in [0.05, 0.1) is 29.2 Å². The average Bonchev–Trinajstić information content (AvgIpc) is 3.31. The van der Waals surface area contributed by atoms with Gasteiger partial charge in [-0.15, -0.1) is 0 Å². The predicted molar refractivity (Wildman–Crippen MR) is 98.3 cm³/mol. The molecule has 4 aromatic rings. The van der Waals surface area contributed by atoms with Gasteiger partial charge in [0.15, 0.2) is 5.65 Å². The molecule has 0 aliphatic carbocycles. The highest BCUT2D eigenvalue weighted by Crippen LogP contribution is 2.20. The van der Waals surface area contributed by atoms with Gasteiger partial charge in [-0.2, -0.15) is 19.6 Å². The Balaban J connectivity index is 1.60. The summed E-state index contributed by atoms with van der Waals surface area (Å²) in [7, 11) is 1.56. The Hall–Kier alpha value is -3.89. The summed E-state index contributed by atoms with van der Waals surface area (Å²) in [4.78, 5) is 24.2. The van der Waals surface area contributed by atoms with Crippen LogP contribution in [0.25, 0.3) is 11.0 Å². The topological polar surface area (TPSA) is 126 Å². The monoisotopic (exact) mass is 381 g/mol. The molecular weight excluding hydrogens is 365 g/mol. The molecule has 1 amide bonds. The van der Waals surface area contributed by atoms with Gasteiger partial charge in [0.1, 0.15) is 6.54 Å². The molecule has 0 spiro atoms. The van der Waals surface area contributed by atoms with Gasteiger partial charge in [-0.3, -0.25) is 14.6 Å². The summed E-state index contributed by atoms with van der Waals surface area (Å²) in [5.74, 6) is -0.380. The van der Waals surface area contributed by atoms with Crippen LogP contribution in [0.15, 0.2) is 36.8 Å². The van der Waals surface area contributed by atoms with E-state index in [2.05, 4.69) is 40.9 Å². The third kappa shape index (κ3) is 3.77. The summed E-state index contributed by atoms with van der Waals surface area (Å²) in [6, 6.07) is 4.62. The number of nitrogens with zero attached hydrogens (tertiary/aromatic N) is 6. The van der Waals surface area contributed by atoms with Crippen molar-refractivity contribution in [1.29, 1.82) is 0 Å². The zero-order valence-electron chi connectivity index (χ0n) is 14.8. The van der Waals surface area contributed by atoms with Crippen LogP contribution in [-0.4, -0.2) is 47.9 Å². The summed E-state index contributed by atoms with van der Waals surface area (Å²) < 4.78 is 14.9. The van der Waals surface area contributed by atoms with Crippen molar-refractivity contribution in [2.24, 2.45) is 0 Å². The maximum Gasteiger partial charge on any atom is 0.241 e. The van der Waals surface area contributed by atoms with Crippen molar-refractivity contribution in [2.45, 2.75) is 13.0 Å². The molecule has 0 aromatic carbocycles. The van der Waals surface area contributed by atoms with Gasteiger partial charge in [-0.05, 0) is 12.1 Å². The molecule has 0 fully saturated rings. The Morgan fingerprint density at radius 1 is 1.25 bits per heavy atom. The number of likely N-dealkylation sites (N-methyl/N-ethyl adjacent to an activating group) is 1. The second kappa shape index (κ2) is 7.39. The molecule has 0 radical (unpaired) electrons. The second-order valence-electron chi connectivity index (χ2n) is 5.98. The zero-order chi connectivity index (χ0) is 19.5. The van der Waals surface area contributed by atoms with Crippen molar-refractivity contribution < 1.29 is 9.18 Å². The number of aromatic amines is 1. The lowest BCUT2D eigenvalue weighted by Gasteiger charge is -2.06. The third-order valence-corrected chi connectivity index (χ3v) is 3.98. The van der Waals surface area contributed by atoms with Crippen molar-refractivity contribution in [2.75, 3.05) is 12.4 Å². The fourth-order valence-corrected chi connectivity index (χ4v) is 2.68. The van der Waals surface area contributed by atoms with E-state index in [0.717, 1.165) is 5.39 Å². The molecule has 0 unspecified atom stereocenters. The number of hydrogen-bond donors (Lipinski definition) is 3. The van der Waals surface area contributed by atoms with E-state index < -0.39 is 5.95 Å². The van der Waals surface area contributed by atoms with Crippen molar-refractivity contribution in [3.05, 3.63) is 54.1 Å². The Bertz CT molecular complexity index is 1140. The minimum absolute atomic E-state index is 0.106. The van der Waals surface area contributed by atoms with E-state index in [1.54, 1.807) is 37.8 Å². The number of hydrogen-bond acceptors (Lipinski definition) is 7. The molecule has 0 aliphatic rings. The maximum atomic E-state index is 13.4. The van der Waals surface area contributed by atoms with E-state index in [4.69, 9.17) is 0 Å². The molecule has 142 valence electrons. The smallest absolute Gasteiger partial charge is 0.241 e. The molecule has 0 atom stereocenters. The highest BCUT2D eigenvalue weighted by molar-refractivity contribution is 5.78. The van der Waals surface area contributed by atoms with E-state index in [-0.39, 0.29) is 12.5 Å². The largest absolute Gasteiger partial charge is 0.358 e. The van der Waals surface area contributed by atoms with Crippen LogP contribution in [0, 0.1) is 5.95 Å². The van der Waals surface area contributed by atoms with Crippen LogP contribution < -0.4 is 10.6 Å². The molecule has 3 N–H and O–H groups in total. The van der Waals surface area contributed by atoms with Crippen molar-refractivity contribution in [3.63, 3.8) is 0 Å². The Morgan fingerprint density at radius 2 is 2.14 bits per heavy atom. The third-order valence-electron chi connectivity index (χ3n) is 3.98. The molecule has 11 heteroatoms. The Morgan fingerprint density at radius 3 is 2.96 bits per heavy atom. The van der Waals surface area contributed by atoms with Crippen molar-refractivity contribution in [1.82, 2.24) is 40.2 Å². The standard InChI is InChI=1S/C17H16FN9O/c1-19-15(28)9-27-8-11(6-21-27)23-17-24-13(12-7-20-26-16(12)25-17)5-10-3-2-4-14(18)22-10/h2-4,6-8H,5,9H2,1H3,(H,19,28)(H2,20,23,24,25,26). The first kappa shape index (κ1) is 17.5. The average molecular weight is 381 g/mol. The molecule has 0 saturated carbocycles. The lowest BCUT2D eigenvalue weighted by molar-refractivity contribution is -0.121. The van der Waals surface area contributed by atoms with Gasteiger partial charge >= 0.3 is 0 Å². The molecule has 28 heavy (non-hydrogen) atoms. The Labute approximate surface area is 158 Å². The normalized spacial score (nSPS) is 10.9. The molecule has 4 rings (SSSR count). The van der Waals surface area contributed by atoms with E-state index >= 15 is 0 Å². The van der Waals surface area contributed by atoms with E-state index in [9.17, 15) is 9.18 Å². The number of carbonyl (C=O) groups excluding carboxylic acids is 1. The van der Waals surface area contributed by atoms with E-state index in [1.807, 2.05) is 0 Å². The lowest BCUT2D eigenvalue weighted by atomic mass is 10.1. The molecule has 0 saturated heterocycles. The first-order valence-corrected chi connectivity index (χ1v) is 8.42. The minimum atomic E-state index is -0.545. The number of nitrogens with one attached hydrogen (secondary N) is 3. The number of anilines is 2. The minimum Gasteiger partial charge on any atom is -0.358 e. The molecule has 4 aromatic heterocycles. The van der Waals surface area contributed by atoms with E-state index in [1.165, 1.54) is 10.7 Å². The summed E-state index contributed by atoms with van der Waals surface area (Å²) in [5.41, 5.74) is 2.36. The molecular formula is C17H16FN9O. The summed E-state index contributed by atoms with van der Waals surface area (Å²) in [6.45, 7) is 0.106. The summed E-state index contributed by atoms with van der Waals surface area (Å²) in [5, 5.41) is 17.3. The fraction of sp³-hybridized carbons (Fsp3) is 0.176. The van der Waals surface area contributed by atoms with Gasteiger partial charge in [-0.25, -0.2) is 9.97 Å². The first-order valence-electron chi connectivity index (χ1n) is 8.42. The van der Waals surface area contributed by atoms with Crippen LogP contribution in [0.4, 0.5) is 16.0 Å². The Kier molecular flexibility index (Phi) is 4.62. The predicted octanol–water partition coefficient (Wildman–Crippen LogP) is 1.16. The number of halogens is 1. The van der Waals surface area contributed by atoms with Crippen LogP contribution in [0.2, 0.25) is 0 Å². The number of rotatable bonds is 6. The van der Waals surface area contributed by atoms with Crippen LogP contribution in [0.3, 0.4) is 0 Å². The van der Waals surface area contributed by atoms with Crippen LogP contribution in [0.5, 0.6) is 0 Å². The number of fused-ring (bicyclic) bond motifs is 1. The number of pyridine rings is 1. The van der Waals surface area contributed by atoms with Gasteiger partial charge in [0.2, 0.25) is 17.8 Å². The number of carbonyl (C=O) groups is 1. The molecule has 0 bridgehead atoms. The van der Waals surface area contributed by atoms with Crippen molar-refractivity contribution >= 4 is 28.6 Å². The zero-order valence-corrected chi connectivity index (χ0v) is 14.8. The van der Waals surface area contributed by atoms with Gasteiger partial charge in [-0.1, -0.05) is 6.07 Å². The second-order valence-corrected chi connectivity index (χ2v) is 5.98. The molecule has 4 heterocycles.